The standard InChI is InChI=1S/C20H24BrN5O.HI/c1-14-4-6-18(27-3)15(10-14)8-9-23-20(22-2)24-11-17-13-26-12-16(21)5-7-19(26)25-17;/h4-7,10,12-13H,8-9,11H2,1-3H3,(H2,22,23,24);1H. The summed E-state index contributed by atoms with van der Waals surface area (Å²) in [5.74, 6) is 1.67. The number of nitrogens with zero attached hydrogens (tertiary/aromatic N) is 3. The van der Waals surface area contributed by atoms with Crippen molar-refractivity contribution in [1.29, 1.82) is 0 Å². The van der Waals surface area contributed by atoms with Crippen molar-refractivity contribution in [2.24, 2.45) is 4.99 Å². The van der Waals surface area contributed by atoms with Crippen molar-refractivity contribution in [3.8, 4) is 5.75 Å². The first-order valence-electron chi connectivity index (χ1n) is 8.80. The smallest absolute Gasteiger partial charge is 0.191 e. The van der Waals surface area contributed by atoms with Crippen molar-refractivity contribution in [3.05, 3.63) is 64.0 Å². The average Bonchev–Trinajstić information content (AvgIpc) is 3.06. The van der Waals surface area contributed by atoms with Crippen LogP contribution in [0.1, 0.15) is 16.8 Å². The first-order valence-corrected chi connectivity index (χ1v) is 9.59. The van der Waals surface area contributed by atoms with Gasteiger partial charge in [0.2, 0.25) is 0 Å². The van der Waals surface area contributed by atoms with Crippen LogP contribution >= 0.6 is 39.9 Å². The molecule has 0 amide bonds. The maximum absolute atomic E-state index is 5.44. The molecular formula is C20H25BrIN5O. The summed E-state index contributed by atoms with van der Waals surface area (Å²) in [6, 6.07) is 10.2. The number of hydrogen-bond donors (Lipinski definition) is 2. The second kappa shape index (κ2) is 10.7. The normalized spacial score (nSPS) is 11.2. The van der Waals surface area contributed by atoms with Crippen LogP contribution in [0, 0.1) is 6.92 Å². The number of fused-ring (bicyclic) bond motifs is 1. The van der Waals surface area contributed by atoms with E-state index in [1.165, 1.54) is 11.1 Å². The van der Waals surface area contributed by atoms with E-state index in [-0.39, 0.29) is 24.0 Å². The fourth-order valence-electron chi connectivity index (χ4n) is 2.92. The van der Waals surface area contributed by atoms with Crippen molar-refractivity contribution in [3.63, 3.8) is 0 Å². The van der Waals surface area contributed by atoms with E-state index >= 15 is 0 Å². The van der Waals surface area contributed by atoms with Gasteiger partial charge in [-0.1, -0.05) is 17.7 Å². The Bertz CT molecular complexity index is 957. The zero-order valence-corrected chi connectivity index (χ0v) is 20.1. The topological polar surface area (TPSA) is 63.0 Å². The number of pyridine rings is 1. The zero-order chi connectivity index (χ0) is 19.2. The van der Waals surface area contributed by atoms with Crippen molar-refractivity contribution in [2.45, 2.75) is 19.9 Å². The third-order valence-electron chi connectivity index (χ3n) is 4.25. The van der Waals surface area contributed by atoms with Gasteiger partial charge < -0.3 is 19.8 Å². The molecule has 0 saturated heterocycles. The van der Waals surface area contributed by atoms with Gasteiger partial charge in [0.05, 0.1) is 19.3 Å². The largest absolute Gasteiger partial charge is 0.496 e. The quantitative estimate of drug-likeness (QED) is 0.274. The van der Waals surface area contributed by atoms with Crippen LogP contribution in [0.4, 0.5) is 0 Å². The van der Waals surface area contributed by atoms with Crippen LogP contribution in [0.15, 0.2) is 52.2 Å². The summed E-state index contributed by atoms with van der Waals surface area (Å²) in [7, 11) is 3.47. The molecule has 0 fully saturated rings. The Labute approximate surface area is 191 Å². The Kier molecular flexibility index (Phi) is 8.56. The molecule has 2 N–H and O–H groups in total. The number of aryl methyl sites for hydroxylation is 1. The third-order valence-corrected chi connectivity index (χ3v) is 4.72. The van der Waals surface area contributed by atoms with Crippen LogP contribution in [-0.4, -0.2) is 36.0 Å². The number of aromatic nitrogens is 2. The molecule has 0 radical (unpaired) electrons. The minimum absolute atomic E-state index is 0. The lowest BCUT2D eigenvalue weighted by atomic mass is 10.1. The van der Waals surface area contributed by atoms with Gasteiger partial charge in [0.1, 0.15) is 11.4 Å². The second-order valence-corrected chi connectivity index (χ2v) is 7.18. The zero-order valence-electron chi connectivity index (χ0n) is 16.2. The summed E-state index contributed by atoms with van der Waals surface area (Å²) >= 11 is 3.48. The van der Waals surface area contributed by atoms with Crippen LogP contribution in [0.5, 0.6) is 5.75 Å². The van der Waals surface area contributed by atoms with E-state index in [1.807, 2.05) is 35.0 Å². The molecule has 150 valence electrons. The molecule has 0 saturated carbocycles. The minimum atomic E-state index is 0. The van der Waals surface area contributed by atoms with Crippen LogP contribution in [-0.2, 0) is 13.0 Å². The molecule has 0 atom stereocenters. The number of rotatable bonds is 6. The van der Waals surface area contributed by atoms with Gasteiger partial charge >= 0.3 is 0 Å². The number of ether oxygens (including phenoxy) is 1. The Morgan fingerprint density at radius 3 is 2.79 bits per heavy atom. The number of imidazole rings is 1. The number of nitrogens with one attached hydrogen (secondary N) is 2. The Balaban J connectivity index is 0.00000280. The van der Waals surface area contributed by atoms with E-state index in [4.69, 9.17) is 4.74 Å². The van der Waals surface area contributed by atoms with Crippen LogP contribution in [0.2, 0.25) is 0 Å². The SMILES string of the molecule is CN=C(NCCc1cc(C)ccc1OC)NCc1cn2cc(Br)ccc2n1.I. The van der Waals surface area contributed by atoms with E-state index < -0.39 is 0 Å². The number of hydrogen-bond acceptors (Lipinski definition) is 3. The molecule has 0 aliphatic heterocycles. The van der Waals surface area contributed by atoms with E-state index in [0.717, 1.165) is 40.5 Å². The molecule has 2 heterocycles. The van der Waals surface area contributed by atoms with Crippen LogP contribution in [0.3, 0.4) is 0 Å². The van der Waals surface area contributed by atoms with Gasteiger partial charge in [-0.2, -0.15) is 0 Å². The van der Waals surface area contributed by atoms with Crippen molar-refractivity contribution in [1.82, 2.24) is 20.0 Å². The molecule has 3 aromatic rings. The molecule has 1 aromatic carbocycles. The molecule has 3 rings (SSSR count). The van der Waals surface area contributed by atoms with Gasteiger partial charge in [-0.25, -0.2) is 4.98 Å². The summed E-state index contributed by atoms with van der Waals surface area (Å²) in [6.45, 7) is 3.45. The third kappa shape index (κ3) is 5.84. The van der Waals surface area contributed by atoms with E-state index in [0.29, 0.717) is 6.54 Å². The first kappa shape index (κ1) is 22.5. The monoisotopic (exact) mass is 557 g/mol. The number of guanidine groups is 1. The molecule has 28 heavy (non-hydrogen) atoms. The molecule has 0 aliphatic rings. The molecular weight excluding hydrogens is 533 g/mol. The molecule has 2 aromatic heterocycles. The lowest BCUT2D eigenvalue weighted by Gasteiger charge is -2.13. The Morgan fingerprint density at radius 2 is 2.04 bits per heavy atom. The average molecular weight is 558 g/mol. The number of halogens is 2. The van der Waals surface area contributed by atoms with Crippen LogP contribution < -0.4 is 15.4 Å². The van der Waals surface area contributed by atoms with Crippen molar-refractivity contribution < 1.29 is 4.74 Å². The highest BCUT2D eigenvalue weighted by Gasteiger charge is 2.06. The highest BCUT2D eigenvalue weighted by Crippen LogP contribution is 2.19. The molecule has 0 unspecified atom stereocenters. The summed E-state index contributed by atoms with van der Waals surface area (Å²) < 4.78 is 8.46. The fourth-order valence-corrected chi connectivity index (χ4v) is 3.27. The molecule has 8 heteroatoms. The lowest BCUT2D eigenvalue weighted by Crippen LogP contribution is -2.38. The van der Waals surface area contributed by atoms with Gasteiger partial charge in [0, 0.05) is 30.5 Å². The van der Waals surface area contributed by atoms with Crippen LogP contribution in [0.25, 0.3) is 5.65 Å². The van der Waals surface area contributed by atoms with Crippen molar-refractivity contribution in [2.75, 3.05) is 20.7 Å². The first-order chi connectivity index (χ1) is 13.1. The van der Waals surface area contributed by atoms with E-state index in [2.05, 4.69) is 55.6 Å². The summed E-state index contributed by atoms with van der Waals surface area (Å²) in [5, 5.41) is 6.65. The number of aliphatic imine (C=N–C) groups is 1. The van der Waals surface area contributed by atoms with E-state index in [1.54, 1.807) is 14.2 Å². The number of methoxy groups -OCH3 is 1. The van der Waals surface area contributed by atoms with Crippen molar-refractivity contribution >= 4 is 51.5 Å². The summed E-state index contributed by atoms with van der Waals surface area (Å²) in [5.41, 5.74) is 4.29. The van der Waals surface area contributed by atoms with Gasteiger partial charge in [-0.05, 0) is 53.0 Å². The van der Waals surface area contributed by atoms with Gasteiger partial charge in [0.15, 0.2) is 5.96 Å². The molecule has 6 nitrogen and oxygen atoms in total. The maximum atomic E-state index is 5.44. The second-order valence-electron chi connectivity index (χ2n) is 6.26. The Hall–Kier alpha value is -1.81. The lowest BCUT2D eigenvalue weighted by molar-refractivity contribution is 0.409. The van der Waals surface area contributed by atoms with Gasteiger partial charge in [-0.15, -0.1) is 24.0 Å². The molecule has 0 bridgehead atoms. The molecule has 0 spiro atoms. The predicted molar refractivity (Wildman–Crippen MR) is 128 cm³/mol. The van der Waals surface area contributed by atoms with E-state index in [9.17, 15) is 0 Å². The summed E-state index contributed by atoms with van der Waals surface area (Å²) in [4.78, 5) is 8.88. The Morgan fingerprint density at radius 1 is 1.21 bits per heavy atom. The molecule has 0 aliphatic carbocycles. The summed E-state index contributed by atoms with van der Waals surface area (Å²) in [6.07, 6.45) is 4.86. The van der Waals surface area contributed by atoms with Gasteiger partial charge in [0.25, 0.3) is 0 Å². The minimum Gasteiger partial charge on any atom is -0.496 e. The number of benzene rings is 1. The highest BCUT2D eigenvalue weighted by atomic mass is 127. The predicted octanol–water partition coefficient (Wildman–Crippen LogP) is 3.94. The van der Waals surface area contributed by atoms with Gasteiger partial charge in [-0.3, -0.25) is 4.99 Å². The fraction of sp³-hybridized carbons (Fsp3) is 0.300. The highest BCUT2D eigenvalue weighted by molar-refractivity contribution is 14.0. The maximum Gasteiger partial charge on any atom is 0.191 e.